The molecule has 14 heteroatoms. The molecular formula is C29H23F5N4O4S. The summed E-state index contributed by atoms with van der Waals surface area (Å²) in [4.78, 5) is 8.32. The van der Waals surface area contributed by atoms with Gasteiger partial charge in [0, 0.05) is 29.8 Å². The zero-order valence-corrected chi connectivity index (χ0v) is 23.6. The Morgan fingerprint density at radius 2 is 1.72 bits per heavy atom. The van der Waals surface area contributed by atoms with Crippen molar-refractivity contribution in [2.45, 2.75) is 31.2 Å². The number of allylic oxidation sites excluding steroid dienone is 2. The summed E-state index contributed by atoms with van der Waals surface area (Å²) in [5.41, 5.74) is 7.03. The maximum atomic E-state index is 13.6. The van der Waals surface area contributed by atoms with E-state index in [0.29, 0.717) is 11.1 Å². The average molecular weight is 619 g/mol. The van der Waals surface area contributed by atoms with E-state index in [-0.39, 0.29) is 50.6 Å². The Hall–Kier alpha value is -4.72. The van der Waals surface area contributed by atoms with Crippen molar-refractivity contribution in [2.24, 2.45) is 10.7 Å². The molecule has 0 aliphatic carbocycles. The fourth-order valence-electron chi connectivity index (χ4n) is 4.42. The minimum atomic E-state index is -4.71. The zero-order valence-electron chi connectivity index (χ0n) is 22.8. The summed E-state index contributed by atoms with van der Waals surface area (Å²) in [7, 11) is -3.54. The Kier molecular flexibility index (Phi) is 7.28. The number of nitrogens with zero attached hydrogens (tertiary/aromatic N) is 3. The summed E-state index contributed by atoms with van der Waals surface area (Å²) in [6.07, 6.45) is -5.18. The van der Waals surface area contributed by atoms with Crippen LogP contribution in [0.2, 0.25) is 0 Å². The molecule has 5 rings (SSSR count). The number of sulfone groups is 1. The normalized spacial score (nSPS) is 15.2. The number of benzene rings is 3. The second-order valence-corrected chi connectivity index (χ2v) is 11.8. The number of rotatable bonds is 6. The number of fused-ring (bicyclic) bond motifs is 1. The van der Waals surface area contributed by atoms with E-state index in [1.165, 1.54) is 47.9 Å². The highest BCUT2D eigenvalue weighted by Gasteiger charge is 2.43. The lowest BCUT2D eigenvalue weighted by Gasteiger charge is -2.15. The Morgan fingerprint density at radius 3 is 2.37 bits per heavy atom. The van der Waals surface area contributed by atoms with Crippen LogP contribution in [0, 0.1) is 6.92 Å². The van der Waals surface area contributed by atoms with Crippen LogP contribution in [0.1, 0.15) is 24.0 Å². The fraction of sp³-hybridized carbons (Fsp3) is 0.172. The molecule has 0 amide bonds. The van der Waals surface area contributed by atoms with E-state index in [1.807, 2.05) is 0 Å². The van der Waals surface area contributed by atoms with Gasteiger partial charge in [-0.3, -0.25) is 0 Å². The SMILES string of the molecule is CC(N)=CC(=Nc1ccc2c(c1)OC(F)(F)O2)c1cc(-c2cccc(S(C)(=O)=O)c2)ccc1-n1cc(C(F)(F)F)nc1C. The predicted molar refractivity (Wildman–Crippen MR) is 149 cm³/mol. The monoisotopic (exact) mass is 618 g/mol. The summed E-state index contributed by atoms with van der Waals surface area (Å²) >= 11 is 0. The van der Waals surface area contributed by atoms with Crippen LogP contribution < -0.4 is 15.2 Å². The Morgan fingerprint density at radius 1 is 1.02 bits per heavy atom. The van der Waals surface area contributed by atoms with E-state index in [1.54, 1.807) is 37.3 Å². The number of ether oxygens (including phenoxy) is 2. The first kappa shape index (κ1) is 29.8. The number of hydrogen-bond donors (Lipinski definition) is 1. The number of nitrogens with two attached hydrogens (primary N) is 1. The van der Waals surface area contributed by atoms with Gasteiger partial charge in [-0.05, 0) is 67.4 Å². The van der Waals surface area contributed by atoms with Crippen molar-refractivity contribution in [1.82, 2.24) is 9.55 Å². The highest BCUT2D eigenvalue weighted by molar-refractivity contribution is 7.90. The van der Waals surface area contributed by atoms with Crippen molar-refractivity contribution >= 4 is 21.2 Å². The molecule has 43 heavy (non-hydrogen) atoms. The number of aromatic nitrogens is 2. The average Bonchev–Trinajstić information content (AvgIpc) is 3.45. The Bertz CT molecular complexity index is 1910. The number of hydrogen-bond acceptors (Lipinski definition) is 7. The van der Waals surface area contributed by atoms with Crippen LogP contribution >= 0.6 is 0 Å². The molecule has 8 nitrogen and oxygen atoms in total. The summed E-state index contributed by atoms with van der Waals surface area (Å²) in [5, 5.41) is 0. The third-order valence-electron chi connectivity index (χ3n) is 6.30. The molecule has 0 spiro atoms. The van der Waals surface area contributed by atoms with E-state index < -0.39 is 28.0 Å². The lowest BCUT2D eigenvalue weighted by molar-refractivity contribution is -0.286. The van der Waals surface area contributed by atoms with E-state index in [4.69, 9.17) is 5.73 Å². The second-order valence-electron chi connectivity index (χ2n) is 9.76. The molecular weight excluding hydrogens is 595 g/mol. The van der Waals surface area contributed by atoms with Gasteiger partial charge in [-0.2, -0.15) is 13.2 Å². The van der Waals surface area contributed by atoms with E-state index >= 15 is 0 Å². The first-order chi connectivity index (χ1) is 20.0. The van der Waals surface area contributed by atoms with Gasteiger partial charge in [-0.25, -0.2) is 18.4 Å². The van der Waals surface area contributed by atoms with Gasteiger partial charge in [0.2, 0.25) is 0 Å². The maximum Gasteiger partial charge on any atom is 0.586 e. The van der Waals surface area contributed by atoms with Crippen LogP contribution in [0.15, 0.2) is 88.5 Å². The van der Waals surface area contributed by atoms with Gasteiger partial charge in [0.25, 0.3) is 0 Å². The highest BCUT2D eigenvalue weighted by Crippen LogP contribution is 2.43. The standard InChI is InChI=1S/C29H23F5N4O4S/c1-16(35)11-23(37-20-8-10-25-26(14-20)42-29(33,34)41-25)22-13-19(18-5-4-6-21(12-18)43(3,39)40)7-9-24(22)38-15-27(28(30,31)32)36-17(38)2/h4-15H,35H2,1-3H3. The van der Waals surface area contributed by atoms with Gasteiger partial charge < -0.3 is 19.8 Å². The quantitative estimate of drug-likeness (QED) is 0.193. The van der Waals surface area contributed by atoms with Crippen molar-refractivity contribution < 1.29 is 39.8 Å². The molecule has 3 aromatic carbocycles. The van der Waals surface area contributed by atoms with Gasteiger partial charge in [0.05, 0.1) is 22.0 Å². The number of halogens is 5. The third kappa shape index (κ3) is 6.38. The molecule has 0 saturated carbocycles. The van der Waals surface area contributed by atoms with Gasteiger partial charge in [-0.15, -0.1) is 8.78 Å². The molecule has 224 valence electrons. The Labute approximate surface area is 242 Å². The molecule has 0 unspecified atom stereocenters. The number of alkyl halides is 5. The second kappa shape index (κ2) is 10.5. The highest BCUT2D eigenvalue weighted by atomic mass is 32.2. The molecule has 1 aliphatic rings. The van der Waals surface area contributed by atoms with E-state index in [2.05, 4.69) is 19.5 Å². The van der Waals surface area contributed by atoms with E-state index in [0.717, 1.165) is 12.5 Å². The first-order valence-corrected chi connectivity index (χ1v) is 14.4. The smallest absolute Gasteiger partial charge is 0.402 e. The van der Waals surface area contributed by atoms with Gasteiger partial charge in [-0.1, -0.05) is 18.2 Å². The number of imidazole rings is 1. The van der Waals surface area contributed by atoms with Crippen LogP contribution in [0.4, 0.5) is 27.6 Å². The van der Waals surface area contributed by atoms with Gasteiger partial charge in [0.15, 0.2) is 27.0 Å². The molecule has 2 N–H and O–H groups in total. The first-order valence-electron chi connectivity index (χ1n) is 12.5. The lowest BCUT2D eigenvalue weighted by Crippen LogP contribution is -2.25. The zero-order chi connectivity index (χ0) is 31.3. The topological polar surface area (TPSA) is 109 Å². The maximum absolute atomic E-state index is 13.6. The molecule has 0 bridgehead atoms. The van der Waals surface area contributed by atoms with Crippen LogP contribution in [-0.2, 0) is 16.0 Å². The van der Waals surface area contributed by atoms with Crippen LogP contribution in [0.25, 0.3) is 16.8 Å². The lowest BCUT2D eigenvalue weighted by atomic mass is 9.98. The Balaban J connectivity index is 1.74. The molecule has 0 saturated heterocycles. The largest absolute Gasteiger partial charge is 0.586 e. The van der Waals surface area contributed by atoms with Crippen molar-refractivity contribution in [1.29, 1.82) is 0 Å². The summed E-state index contributed by atoms with van der Waals surface area (Å²) in [6.45, 7) is 2.97. The van der Waals surface area contributed by atoms with Gasteiger partial charge in [0.1, 0.15) is 5.82 Å². The van der Waals surface area contributed by atoms with Crippen molar-refractivity contribution in [3.8, 4) is 28.3 Å². The van der Waals surface area contributed by atoms with Crippen molar-refractivity contribution in [3.63, 3.8) is 0 Å². The van der Waals surface area contributed by atoms with E-state index in [9.17, 15) is 30.4 Å². The molecule has 1 aromatic heterocycles. The number of aryl methyl sites for hydroxylation is 1. The molecule has 4 aromatic rings. The summed E-state index contributed by atoms with van der Waals surface area (Å²) < 4.78 is 102. The molecule has 2 heterocycles. The van der Waals surface area contributed by atoms with Crippen molar-refractivity contribution in [2.75, 3.05) is 6.26 Å². The molecule has 0 fully saturated rings. The predicted octanol–water partition coefficient (Wildman–Crippen LogP) is 6.57. The minimum absolute atomic E-state index is 0.0264. The molecule has 0 radical (unpaired) electrons. The van der Waals surface area contributed by atoms with Crippen LogP contribution in [0.3, 0.4) is 0 Å². The molecule has 1 aliphatic heterocycles. The minimum Gasteiger partial charge on any atom is -0.402 e. The van der Waals surface area contributed by atoms with Crippen LogP contribution in [-0.4, -0.2) is 36.2 Å². The summed E-state index contributed by atoms with van der Waals surface area (Å²) in [5.74, 6) is -0.428. The van der Waals surface area contributed by atoms with Crippen LogP contribution in [0.5, 0.6) is 11.5 Å². The fourth-order valence-corrected chi connectivity index (χ4v) is 5.09. The van der Waals surface area contributed by atoms with Gasteiger partial charge >= 0.3 is 12.5 Å². The molecule has 0 atom stereocenters. The number of aliphatic imine (C=N–C) groups is 1. The van der Waals surface area contributed by atoms with Crippen molar-refractivity contribution in [3.05, 3.63) is 95.7 Å². The third-order valence-corrected chi connectivity index (χ3v) is 7.41. The summed E-state index contributed by atoms with van der Waals surface area (Å²) in [6, 6.07) is 14.8.